The molecule has 6 nitrogen and oxygen atoms in total. The molecule has 3 aromatic rings. The van der Waals surface area contributed by atoms with Gasteiger partial charge in [-0.2, -0.15) is 15.3 Å². The lowest BCUT2D eigenvalue weighted by Gasteiger charge is -2.08. The van der Waals surface area contributed by atoms with Crippen LogP contribution in [0.4, 0.5) is 23.1 Å². The second-order valence-electron chi connectivity index (χ2n) is 4.97. The monoisotopic (exact) mass is 302 g/mol. The number of hydrogen-bond donors (Lipinski definition) is 2. The number of nitrogens with zero attached hydrogens (tertiary/aromatic N) is 4. The van der Waals surface area contributed by atoms with E-state index < -0.39 is 0 Å². The highest BCUT2D eigenvalue weighted by Crippen LogP contribution is 2.17. The van der Waals surface area contributed by atoms with Crippen molar-refractivity contribution in [1.29, 1.82) is 5.26 Å². The first kappa shape index (κ1) is 14.5. The summed E-state index contributed by atoms with van der Waals surface area (Å²) in [5, 5.41) is 23.0. The molecular weight excluding hydrogens is 288 g/mol. The molecule has 0 saturated heterocycles. The van der Waals surface area contributed by atoms with Crippen molar-refractivity contribution in [2.45, 2.75) is 6.92 Å². The number of aromatic nitrogens is 3. The van der Waals surface area contributed by atoms with Gasteiger partial charge in [0, 0.05) is 11.4 Å². The molecule has 0 unspecified atom stereocenters. The summed E-state index contributed by atoms with van der Waals surface area (Å²) in [5.41, 5.74) is 3.49. The molecule has 2 N–H and O–H groups in total. The largest absolute Gasteiger partial charge is 0.339 e. The Morgan fingerprint density at radius 2 is 1.83 bits per heavy atom. The van der Waals surface area contributed by atoms with Gasteiger partial charge in [0.05, 0.1) is 17.8 Å². The number of nitriles is 1. The number of anilines is 4. The zero-order valence-corrected chi connectivity index (χ0v) is 12.5. The van der Waals surface area contributed by atoms with E-state index >= 15 is 0 Å². The van der Waals surface area contributed by atoms with Gasteiger partial charge in [-0.15, -0.1) is 5.10 Å². The van der Waals surface area contributed by atoms with E-state index in [1.54, 1.807) is 30.5 Å². The van der Waals surface area contributed by atoms with Gasteiger partial charge >= 0.3 is 0 Å². The minimum atomic E-state index is 0.382. The first-order chi connectivity index (χ1) is 11.2. The molecule has 0 bridgehead atoms. The van der Waals surface area contributed by atoms with Crippen molar-refractivity contribution >= 4 is 23.1 Å². The first-order valence-corrected chi connectivity index (χ1v) is 7.03. The number of benzene rings is 2. The van der Waals surface area contributed by atoms with Crippen LogP contribution in [0.15, 0.2) is 54.7 Å². The van der Waals surface area contributed by atoms with E-state index in [2.05, 4.69) is 31.9 Å². The van der Waals surface area contributed by atoms with Crippen LogP contribution in [0.2, 0.25) is 0 Å². The lowest BCUT2D eigenvalue weighted by Crippen LogP contribution is -2.02. The molecule has 3 rings (SSSR count). The van der Waals surface area contributed by atoms with Crippen molar-refractivity contribution in [3.8, 4) is 6.07 Å². The van der Waals surface area contributed by atoms with Gasteiger partial charge in [0.1, 0.15) is 0 Å². The molecule has 0 radical (unpaired) electrons. The zero-order chi connectivity index (χ0) is 16.1. The van der Waals surface area contributed by atoms with Gasteiger partial charge in [-0.1, -0.05) is 12.1 Å². The van der Waals surface area contributed by atoms with Gasteiger partial charge < -0.3 is 10.6 Å². The highest BCUT2D eigenvalue weighted by Gasteiger charge is 2.02. The quantitative estimate of drug-likeness (QED) is 0.766. The SMILES string of the molecule is Cc1cccc(Nc2cnnc(Nc3ccc(C#N)cc3)n2)c1. The minimum Gasteiger partial charge on any atom is -0.339 e. The maximum atomic E-state index is 8.80. The Morgan fingerprint density at radius 1 is 1.00 bits per heavy atom. The van der Waals surface area contributed by atoms with E-state index in [4.69, 9.17) is 5.26 Å². The summed E-state index contributed by atoms with van der Waals surface area (Å²) < 4.78 is 0. The second-order valence-corrected chi connectivity index (χ2v) is 4.97. The van der Waals surface area contributed by atoms with Crippen molar-refractivity contribution in [1.82, 2.24) is 15.2 Å². The Hall–Kier alpha value is -3.46. The molecule has 0 aliphatic rings. The van der Waals surface area contributed by atoms with Crippen LogP contribution in [0.25, 0.3) is 0 Å². The highest BCUT2D eigenvalue weighted by molar-refractivity contribution is 5.59. The zero-order valence-electron chi connectivity index (χ0n) is 12.5. The molecule has 6 heteroatoms. The van der Waals surface area contributed by atoms with Crippen molar-refractivity contribution < 1.29 is 0 Å². The van der Waals surface area contributed by atoms with Crippen LogP contribution in [0, 0.1) is 18.3 Å². The van der Waals surface area contributed by atoms with Crippen LogP contribution >= 0.6 is 0 Å². The van der Waals surface area contributed by atoms with Crippen molar-refractivity contribution in [3.63, 3.8) is 0 Å². The summed E-state index contributed by atoms with van der Waals surface area (Å²) >= 11 is 0. The molecule has 0 aliphatic carbocycles. The fourth-order valence-corrected chi connectivity index (χ4v) is 2.04. The summed E-state index contributed by atoms with van der Waals surface area (Å²) in [6.07, 6.45) is 1.56. The van der Waals surface area contributed by atoms with Crippen LogP contribution in [0.3, 0.4) is 0 Å². The Balaban J connectivity index is 1.75. The Morgan fingerprint density at radius 3 is 2.57 bits per heavy atom. The molecule has 0 fully saturated rings. The predicted octanol–water partition coefficient (Wildman–Crippen LogP) is 3.54. The lowest BCUT2D eigenvalue weighted by atomic mass is 10.2. The summed E-state index contributed by atoms with van der Waals surface area (Å²) in [6.45, 7) is 2.03. The smallest absolute Gasteiger partial charge is 0.249 e. The van der Waals surface area contributed by atoms with E-state index in [9.17, 15) is 0 Å². The van der Waals surface area contributed by atoms with Crippen LogP contribution in [0.5, 0.6) is 0 Å². The van der Waals surface area contributed by atoms with E-state index in [0.717, 1.165) is 16.9 Å². The molecular formula is C17H14N6. The van der Waals surface area contributed by atoms with E-state index in [-0.39, 0.29) is 0 Å². The van der Waals surface area contributed by atoms with Gasteiger partial charge in [0.25, 0.3) is 0 Å². The Labute approximate surface area is 133 Å². The van der Waals surface area contributed by atoms with E-state index in [1.807, 2.05) is 31.2 Å². The third kappa shape index (κ3) is 3.80. The second kappa shape index (κ2) is 6.54. The number of nitrogens with one attached hydrogen (secondary N) is 2. The highest BCUT2D eigenvalue weighted by atomic mass is 15.3. The molecule has 23 heavy (non-hydrogen) atoms. The van der Waals surface area contributed by atoms with Crippen LogP contribution in [0.1, 0.15) is 11.1 Å². The fourth-order valence-electron chi connectivity index (χ4n) is 2.04. The molecule has 2 aromatic carbocycles. The van der Waals surface area contributed by atoms with Gasteiger partial charge in [-0.05, 0) is 48.9 Å². The number of hydrogen-bond acceptors (Lipinski definition) is 6. The summed E-state index contributed by atoms with van der Waals surface area (Å²) in [6, 6.07) is 17.1. The number of rotatable bonds is 4. The average Bonchev–Trinajstić information content (AvgIpc) is 2.56. The standard InChI is InChI=1S/C17H14N6/c1-12-3-2-4-15(9-12)20-16-11-19-23-17(22-16)21-14-7-5-13(10-18)6-8-14/h2-9,11H,1H3,(H2,20,21,22,23). The number of aryl methyl sites for hydroxylation is 1. The fraction of sp³-hybridized carbons (Fsp3) is 0.0588. The molecule has 112 valence electrons. The summed E-state index contributed by atoms with van der Waals surface area (Å²) in [5.74, 6) is 0.981. The summed E-state index contributed by atoms with van der Waals surface area (Å²) in [7, 11) is 0. The normalized spacial score (nSPS) is 9.91. The molecule has 0 aliphatic heterocycles. The Kier molecular flexibility index (Phi) is 4.11. The third-order valence-electron chi connectivity index (χ3n) is 3.12. The predicted molar refractivity (Wildman–Crippen MR) is 88.7 cm³/mol. The molecule has 0 spiro atoms. The topological polar surface area (TPSA) is 86.5 Å². The molecule has 1 aromatic heterocycles. The van der Waals surface area contributed by atoms with E-state index in [0.29, 0.717) is 17.3 Å². The maximum absolute atomic E-state index is 8.80. The van der Waals surface area contributed by atoms with Crippen molar-refractivity contribution in [2.24, 2.45) is 0 Å². The Bertz CT molecular complexity index is 851. The van der Waals surface area contributed by atoms with Gasteiger partial charge in [0.2, 0.25) is 5.95 Å². The molecule has 0 amide bonds. The third-order valence-corrected chi connectivity index (χ3v) is 3.12. The van der Waals surface area contributed by atoms with Crippen LogP contribution < -0.4 is 10.6 Å². The average molecular weight is 302 g/mol. The van der Waals surface area contributed by atoms with Gasteiger partial charge in [0.15, 0.2) is 5.82 Å². The maximum Gasteiger partial charge on any atom is 0.249 e. The van der Waals surface area contributed by atoms with E-state index in [1.165, 1.54) is 0 Å². The molecule has 0 saturated carbocycles. The minimum absolute atomic E-state index is 0.382. The van der Waals surface area contributed by atoms with Crippen molar-refractivity contribution in [2.75, 3.05) is 10.6 Å². The van der Waals surface area contributed by atoms with Crippen LogP contribution in [-0.2, 0) is 0 Å². The first-order valence-electron chi connectivity index (χ1n) is 7.03. The van der Waals surface area contributed by atoms with Crippen molar-refractivity contribution in [3.05, 3.63) is 65.9 Å². The lowest BCUT2D eigenvalue weighted by molar-refractivity contribution is 0.982. The molecule has 0 atom stereocenters. The van der Waals surface area contributed by atoms with Gasteiger partial charge in [-0.3, -0.25) is 0 Å². The summed E-state index contributed by atoms with van der Waals surface area (Å²) in [4.78, 5) is 4.37. The van der Waals surface area contributed by atoms with Gasteiger partial charge in [-0.25, -0.2) is 0 Å². The van der Waals surface area contributed by atoms with Crippen LogP contribution in [-0.4, -0.2) is 15.2 Å². The molecule has 1 heterocycles.